The van der Waals surface area contributed by atoms with E-state index in [1.54, 1.807) is 13.3 Å². The van der Waals surface area contributed by atoms with Gasteiger partial charge in [-0.15, -0.1) is 0 Å². The average Bonchev–Trinajstić information content (AvgIpc) is 2.95. The summed E-state index contributed by atoms with van der Waals surface area (Å²) in [6.45, 7) is 8.81. The molecule has 8 nitrogen and oxygen atoms in total. The number of benzene rings is 2. The van der Waals surface area contributed by atoms with E-state index in [1.165, 1.54) is 0 Å². The first kappa shape index (κ1) is 30.7. The molecule has 0 aliphatic carbocycles. The maximum Gasteiger partial charge on any atom is 0.320 e. The number of fused-ring (bicyclic) bond motifs is 1. The molecule has 3 aromatic rings. The fraction of sp³-hybridized carbons (Fsp3) is 0.469. The molecule has 8 heteroatoms. The number of rotatable bonds is 16. The van der Waals surface area contributed by atoms with Gasteiger partial charge in [0.15, 0.2) is 5.92 Å². The van der Waals surface area contributed by atoms with Crippen molar-refractivity contribution >= 4 is 22.8 Å². The monoisotopic (exact) mass is 551 g/mol. The van der Waals surface area contributed by atoms with Crippen molar-refractivity contribution in [3.63, 3.8) is 0 Å². The minimum Gasteiger partial charge on any atom is -0.497 e. The molecule has 3 rings (SSSR count). The van der Waals surface area contributed by atoms with Gasteiger partial charge in [0.2, 0.25) is 0 Å². The van der Waals surface area contributed by atoms with Gasteiger partial charge in [0.1, 0.15) is 23.9 Å². The van der Waals surface area contributed by atoms with E-state index in [4.69, 9.17) is 23.7 Å². The minimum absolute atomic E-state index is 0.0369. The minimum atomic E-state index is -1.00. The Morgan fingerprint density at radius 3 is 2.08 bits per heavy atom. The van der Waals surface area contributed by atoms with Gasteiger partial charge in [-0.1, -0.05) is 38.8 Å². The van der Waals surface area contributed by atoms with Crippen LogP contribution in [0.15, 0.2) is 48.7 Å². The highest BCUT2D eigenvalue weighted by Gasteiger charge is 2.30. The molecule has 2 aromatic carbocycles. The molecule has 0 aliphatic heterocycles. The predicted molar refractivity (Wildman–Crippen MR) is 154 cm³/mol. The lowest BCUT2D eigenvalue weighted by Crippen LogP contribution is -2.30. The summed E-state index contributed by atoms with van der Waals surface area (Å²) in [5, 5.41) is 0.854. The van der Waals surface area contributed by atoms with Crippen LogP contribution in [0.2, 0.25) is 0 Å². The maximum atomic E-state index is 12.7. The van der Waals surface area contributed by atoms with Crippen molar-refractivity contribution in [3.05, 3.63) is 59.8 Å². The largest absolute Gasteiger partial charge is 0.497 e. The van der Waals surface area contributed by atoms with Gasteiger partial charge in [-0.25, -0.2) is 0 Å². The van der Waals surface area contributed by atoms with E-state index < -0.39 is 17.9 Å². The summed E-state index contributed by atoms with van der Waals surface area (Å²) in [6.07, 6.45) is 5.21. The molecule has 0 unspecified atom stereocenters. The standard InChI is InChI=1S/C32H41NO7/c1-6-8-16-37-31(34)28(32(35)38-17-9-7-2)18-23-10-12-25(13-11-23)39-21-24-20-33-29-15-14-26(36-5)19-27(29)30(24)40-22(3)4/h10-15,19-20,22,28H,6-9,16-18,21H2,1-5H3. The Bertz CT molecular complexity index is 1220. The topological polar surface area (TPSA) is 93.2 Å². The van der Waals surface area contributed by atoms with Gasteiger partial charge in [-0.05, 0) is 69.0 Å². The van der Waals surface area contributed by atoms with E-state index in [0.29, 0.717) is 24.7 Å². The summed E-state index contributed by atoms with van der Waals surface area (Å²) in [7, 11) is 1.63. The van der Waals surface area contributed by atoms with Crippen LogP contribution >= 0.6 is 0 Å². The van der Waals surface area contributed by atoms with Crippen molar-refractivity contribution in [1.82, 2.24) is 4.98 Å². The maximum absolute atomic E-state index is 12.7. The summed E-state index contributed by atoms with van der Waals surface area (Å²) in [5.41, 5.74) is 2.42. The third kappa shape index (κ3) is 8.86. The van der Waals surface area contributed by atoms with Crippen molar-refractivity contribution in [2.24, 2.45) is 5.92 Å². The zero-order valence-electron chi connectivity index (χ0n) is 24.2. The first-order chi connectivity index (χ1) is 19.4. The Morgan fingerprint density at radius 1 is 0.875 bits per heavy atom. The van der Waals surface area contributed by atoms with Crippen LogP contribution in [-0.2, 0) is 32.1 Å². The quantitative estimate of drug-likeness (QED) is 0.114. The Balaban J connectivity index is 1.72. The normalized spacial score (nSPS) is 11.1. The van der Waals surface area contributed by atoms with Gasteiger partial charge in [0.25, 0.3) is 0 Å². The molecule has 0 atom stereocenters. The lowest BCUT2D eigenvalue weighted by atomic mass is 9.99. The predicted octanol–water partition coefficient (Wildman–Crippen LogP) is 6.45. The summed E-state index contributed by atoms with van der Waals surface area (Å²) < 4.78 is 28.3. The molecule has 0 fully saturated rings. The molecule has 0 aliphatic rings. The summed E-state index contributed by atoms with van der Waals surface area (Å²) in [6, 6.07) is 13.0. The number of esters is 2. The van der Waals surface area contributed by atoms with Crippen LogP contribution in [0.25, 0.3) is 10.9 Å². The van der Waals surface area contributed by atoms with Crippen LogP contribution in [0.1, 0.15) is 64.5 Å². The second kappa shape index (κ2) is 15.7. The molecule has 0 saturated heterocycles. The molecule has 0 radical (unpaired) electrons. The van der Waals surface area contributed by atoms with Crippen molar-refractivity contribution in [2.75, 3.05) is 20.3 Å². The number of nitrogens with zero attached hydrogens (tertiary/aromatic N) is 1. The van der Waals surface area contributed by atoms with E-state index >= 15 is 0 Å². The van der Waals surface area contributed by atoms with Gasteiger partial charge in [-0.3, -0.25) is 14.6 Å². The number of unbranched alkanes of at least 4 members (excludes halogenated alkanes) is 2. The lowest BCUT2D eigenvalue weighted by molar-refractivity contribution is -0.162. The summed E-state index contributed by atoms with van der Waals surface area (Å²) >= 11 is 0. The molecule has 40 heavy (non-hydrogen) atoms. The number of aromatic nitrogens is 1. The molecule has 216 valence electrons. The van der Waals surface area contributed by atoms with Gasteiger partial charge in [0, 0.05) is 11.6 Å². The van der Waals surface area contributed by atoms with Gasteiger partial charge in [-0.2, -0.15) is 0 Å². The third-order valence-corrected chi connectivity index (χ3v) is 6.26. The van der Waals surface area contributed by atoms with Crippen LogP contribution in [0.5, 0.6) is 17.2 Å². The Morgan fingerprint density at radius 2 is 1.50 bits per heavy atom. The lowest BCUT2D eigenvalue weighted by Gasteiger charge is -2.18. The van der Waals surface area contributed by atoms with Crippen LogP contribution in [-0.4, -0.2) is 43.4 Å². The highest BCUT2D eigenvalue weighted by atomic mass is 16.6. The van der Waals surface area contributed by atoms with E-state index in [-0.39, 0.29) is 19.1 Å². The van der Waals surface area contributed by atoms with E-state index in [0.717, 1.165) is 53.5 Å². The smallest absolute Gasteiger partial charge is 0.320 e. The van der Waals surface area contributed by atoms with Gasteiger partial charge >= 0.3 is 11.9 Å². The number of pyridine rings is 1. The molecule has 0 amide bonds. The average molecular weight is 552 g/mol. The Labute approximate surface area is 236 Å². The van der Waals surface area contributed by atoms with Crippen LogP contribution in [0, 0.1) is 5.92 Å². The number of ether oxygens (including phenoxy) is 5. The Hall–Kier alpha value is -3.81. The van der Waals surface area contributed by atoms with Crippen molar-refractivity contribution < 1.29 is 33.3 Å². The Kier molecular flexibility index (Phi) is 12.1. The SMILES string of the molecule is CCCCOC(=O)C(Cc1ccc(OCc2cnc3ccc(OC)cc3c2OC(C)C)cc1)C(=O)OCCCC. The zero-order valence-corrected chi connectivity index (χ0v) is 24.2. The molecule has 0 bridgehead atoms. The summed E-state index contributed by atoms with van der Waals surface area (Å²) in [5.74, 6) is -0.0314. The van der Waals surface area contributed by atoms with Crippen molar-refractivity contribution in [3.8, 4) is 17.2 Å². The highest BCUT2D eigenvalue weighted by molar-refractivity contribution is 5.95. The first-order valence-electron chi connectivity index (χ1n) is 14.0. The molecule has 0 saturated carbocycles. The molecule has 1 heterocycles. The third-order valence-electron chi connectivity index (χ3n) is 6.26. The van der Waals surface area contributed by atoms with Gasteiger partial charge < -0.3 is 23.7 Å². The number of hydrogen-bond acceptors (Lipinski definition) is 8. The fourth-order valence-electron chi connectivity index (χ4n) is 4.01. The number of carbonyl (C=O) groups excluding carboxylic acids is 2. The zero-order chi connectivity index (χ0) is 28.9. The fourth-order valence-corrected chi connectivity index (χ4v) is 4.01. The van der Waals surface area contributed by atoms with Gasteiger partial charge in [0.05, 0.1) is 37.5 Å². The van der Waals surface area contributed by atoms with Crippen molar-refractivity contribution in [1.29, 1.82) is 0 Å². The highest BCUT2D eigenvalue weighted by Crippen LogP contribution is 2.33. The molecular formula is C32H41NO7. The van der Waals surface area contributed by atoms with E-state index in [1.807, 2.05) is 70.2 Å². The molecule has 0 spiro atoms. The van der Waals surface area contributed by atoms with Crippen LogP contribution < -0.4 is 14.2 Å². The molecule has 0 N–H and O–H groups in total. The van der Waals surface area contributed by atoms with Crippen LogP contribution in [0.3, 0.4) is 0 Å². The number of methoxy groups -OCH3 is 1. The number of carbonyl (C=O) groups is 2. The van der Waals surface area contributed by atoms with Crippen molar-refractivity contribution in [2.45, 2.75) is 72.5 Å². The first-order valence-corrected chi connectivity index (χ1v) is 14.0. The summed E-state index contributed by atoms with van der Waals surface area (Å²) in [4.78, 5) is 29.9. The number of hydrogen-bond donors (Lipinski definition) is 0. The van der Waals surface area contributed by atoms with E-state index in [9.17, 15) is 9.59 Å². The molecular weight excluding hydrogens is 510 g/mol. The van der Waals surface area contributed by atoms with Crippen LogP contribution in [0.4, 0.5) is 0 Å². The molecule has 1 aromatic heterocycles. The second-order valence-electron chi connectivity index (χ2n) is 9.89. The second-order valence-corrected chi connectivity index (χ2v) is 9.89. The van der Waals surface area contributed by atoms with E-state index in [2.05, 4.69) is 4.98 Å².